The Morgan fingerprint density at radius 3 is 1.80 bits per heavy atom. The molecule has 1 N–H and O–H groups in total. The van der Waals surface area contributed by atoms with Crippen molar-refractivity contribution in [2.24, 2.45) is 0 Å². The number of amides is 1. The highest BCUT2D eigenvalue weighted by Gasteiger charge is 2.42. The molecule has 0 aliphatic rings. The molecule has 0 saturated heterocycles. The van der Waals surface area contributed by atoms with E-state index in [0.717, 1.165) is 22.8 Å². The maximum absolute atomic E-state index is 14.1. The number of ether oxygens (including phenoxy) is 1. The van der Waals surface area contributed by atoms with Gasteiger partial charge in [0.25, 0.3) is 0 Å². The molecule has 0 spiro atoms. The van der Waals surface area contributed by atoms with Gasteiger partial charge in [0.05, 0.1) is 15.2 Å². The van der Waals surface area contributed by atoms with Crippen LogP contribution >= 0.6 is 0 Å². The van der Waals surface area contributed by atoms with Gasteiger partial charge < -0.3 is 4.74 Å². The topological polar surface area (TPSA) is 103 Å². The Balaban J connectivity index is 1.68. The van der Waals surface area contributed by atoms with Crippen LogP contribution in [-0.2, 0) is 20.1 Å². The number of pyridine rings is 1. The van der Waals surface area contributed by atoms with E-state index >= 15 is 0 Å². The lowest BCUT2D eigenvalue weighted by molar-refractivity contribution is 0.0635. The van der Waals surface area contributed by atoms with Gasteiger partial charge in [0, 0.05) is 6.20 Å². The lowest BCUT2D eigenvalue weighted by atomic mass is 9.77. The van der Waals surface area contributed by atoms with Gasteiger partial charge >= 0.3 is 6.09 Å². The number of aromatic nitrogens is 3. The summed E-state index contributed by atoms with van der Waals surface area (Å²) in [5.41, 5.74) is 0.901. The van der Waals surface area contributed by atoms with Crippen molar-refractivity contribution in [3.05, 3.63) is 150 Å². The number of halogens is 1. The van der Waals surface area contributed by atoms with Crippen molar-refractivity contribution in [1.29, 1.82) is 0 Å². The number of benzene rings is 4. The molecule has 4 aromatic carbocycles. The zero-order valence-electron chi connectivity index (χ0n) is 25.4. The number of rotatable bonds is 7. The SMILES string of the molecule is CC(C)(C)OC(=O)Nc1nn(C(c2ccccc2)(c2ccccc2)c2ccccc2)c2ncc(S(=O)(=O)c3cccc(F)c3)cc12. The minimum atomic E-state index is -4.19. The minimum absolute atomic E-state index is 0.0419. The summed E-state index contributed by atoms with van der Waals surface area (Å²) in [6.45, 7) is 5.21. The molecule has 232 valence electrons. The molecule has 0 atom stereocenters. The van der Waals surface area contributed by atoms with Gasteiger partial charge in [-0.3, -0.25) is 5.32 Å². The summed E-state index contributed by atoms with van der Waals surface area (Å²) in [7, 11) is -4.19. The van der Waals surface area contributed by atoms with Gasteiger partial charge in [-0.25, -0.2) is 27.3 Å². The highest BCUT2D eigenvalue weighted by atomic mass is 32.2. The van der Waals surface area contributed by atoms with Crippen molar-refractivity contribution in [2.45, 2.75) is 41.7 Å². The maximum Gasteiger partial charge on any atom is 0.413 e. The van der Waals surface area contributed by atoms with Crippen LogP contribution in [0.4, 0.5) is 15.0 Å². The summed E-state index contributed by atoms with van der Waals surface area (Å²) in [4.78, 5) is 17.4. The quantitative estimate of drug-likeness (QED) is 0.182. The van der Waals surface area contributed by atoms with Gasteiger partial charge in [0.2, 0.25) is 9.84 Å². The van der Waals surface area contributed by atoms with Crippen LogP contribution in [0.3, 0.4) is 0 Å². The van der Waals surface area contributed by atoms with Crippen molar-refractivity contribution in [3.63, 3.8) is 0 Å². The first kappa shape index (κ1) is 30.7. The van der Waals surface area contributed by atoms with E-state index in [1.807, 2.05) is 91.0 Å². The van der Waals surface area contributed by atoms with Crippen LogP contribution in [0.25, 0.3) is 11.0 Å². The average Bonchev–Trinajstić information content (AvgIpc) is 3.39. The molecule has 6 rings (SSSR count). The first-order valence-corrected chi connectivity index (χ1v) is 16.0. The van der Waals surface area contributed by atoms with Gasteiger partial charge in [-0.05, 0) is 61.7 Å². The summed E-state index contributed by atoms with van der Waals surface area (Å²) in [5, 5.41) is 7.93. The molecule has 0 saturated carbocycles. The van der Waals surface area contributed by atoms with Crippen LogP contribution in [0.1, 0.15) is 37.5 Å². The number of anilines is 1. The largest absolute Gasteiger partial charge is 0.444 e. The number of carbonyl (C=O) groups is 1. The van der Waals surface area contributed by atoms with Crippen LogP contribution in [0.15, 0.2) is 137 Å². The number of nitrogens with zero attached hydrogens (tertiary/aromatic N) is 3. The van der Waals surface area contributed by atoms with Gasteiger partial charge in [-0.15, -0.1) is 0 Å². The summed E-state index contributed by atoms with van der Waals surface area (Å²) < 4.78 is 48.7. The Morgan fingerprint density at radius 2 is 1.30 bits per heavy atom. The Hall–Kier alpha value is -5.35. The normalized spacial score (nSPS) is 12.2. The zero-order chi connectivity index (χ0) is 32.5. The van der Waals surface area contributed by atoms with E-state index in [4.69, 9.17) is 9.84 Å². The first-order valence-electron chi connectivity index (χ1n) is 14.6. The summed E-state index contributed by atoms with van der Waals surface area (Å²) in [6, 6.07) is 35.4. The van der Waals surface area contributed by atoms with Crippen molar-refractivity contribution in [3.8, 4) is 0 Å². The van der Waals surface area contributed by atoms with E-state index in [2.05, 4.69) is 10.3 Å². The lowest BCUT2D eigenvalue weighted by Gasteiger charge is -2.36. The standard InChI is InChI=1S/C36H31FN4O4S/c1-35(2,3)45-34(42)39-32-31-23-30(46(43,44)29-21-13-20-28(37)22-29)24-38-33(31)41(40-32)36(25-14-7-4-8-15-25,26-16-9-5-10-17-26)27-18-11-6-12-19-27/h4-24H,1-3H3,(H,39,40,42). The minimum Gasteiger partial charge on any atom is -0.444 e. The second kappa shape index (κ2) is 11.9. The van der Waals surface area contributed by atoms with Crippen LogP contribution in [-0.4, -0.2) is 34.9 Å². The van der Waals surface area contributed by atoms with Crippen LogP contribution in [0, 0.1) is 5.82 Å². The average molecular weight is 635 g/mol. The third-order valence-corrected chi connectivity index (χ3v) is 9.14. The highest BCUT2D eigenvalue weighted by Crippen LogP contribution is 2.43. The number of hydrogen-bond acceptors (Lipinski definition) is 6. The number of carbonyl (C=O) groups excluding carboxylic acids is 1. The molecule has 10 heteroatoms. The van der Waals surface area contributed by atoms with Crippen LogP contribution < -0.4 is 5.32 Å². The molecule has 0 radical (unpaired) electrons. The fourth-order valence-corrected chi connectivity index (χ4v) is 6.79. The maximum atomic E-state index is 14.1. The zero-order valence-corrected chi connectivity index (χ0v) is 26.2. The van der Waals surface area contributed by atoms with Crippen LogP contribution in [0.5, 0.6) is 0 Å². The summed E-state index contributed by atoms with van der Waals surface area (Å²) in [6.07, 6.45) is 0.450. The van der Waals surface area contributed by atoms with Crippen molar-refractivity contribution < 1.29 is 22.3 Å². The van der Waals surface area contributed by atoms with E-state index in [1.165, 1.54) is 30.5 Å². The second-order valence-electron chi connectivity index (χ2n) is 11.7. The van der Waals surface area contributed by atoms with Crippen molar-refractivity contribution >= 4 is 32.8 Å². The van der Waals surface area contributed by atoms with Gasteiger partial charge in [0.1, 0.15) is 17.0 Å². The Labute approximate surface area is 266 Å². The molecule has 2 heterocycles. The monoisotopic (exact) mass is 634 g/mol. The van der Waals surface area contributed by atoms with E-state index in [0.29, 0.717) is 5.65 Å². The third kappa shape index (κ3) is 5.63. The number of hydrogen-bond donors (Lipinski definition) is 1. The molecule has 1 amide bonds. The van der Waals surface area contributed by atoms with Crippen LogP contribution in [0.2, 0.25) is 0 Å². The van der Waals surface area contributed by atoms with E-state index in [-0.39, 0.29) is 21.0 Å². The Bertz CT molecular complexity index is 2030. The predicted molar refractivity (Wildman–Crippen MR) is 174 cm³/mol. The molecule has 0 aliphatic heterocycles. The fraction of sp³-hybridized carbons (Fsp3) is 0.139. The van der Waals surface area contributed by atoms with E-state index < -0.39 is 32.9 Å². The number of nitrogens with one attached hydrogen (secondary N) is 1. The number of fused-ring (bicyclic) bond motifs is 1. The lowest BCUT2D eigenvalue weighted by Crippen LogP contribution is -2.39. The second-order valence-corrected chi connectivity index (χ2v) is 13.6. The van der Waals surface area contributed by atoms with Gasteiger partial charge in [-0.2, -0.15) is 5.10 Å². The Morgan fingerprint density at radius 1 is 0.761 bits per heavy atom. The van der Waals surface area contributed by atoms with Gasteiger partial charge in [-0.1, -0.05) is 97.1 Å². The molecule has 0 aliphatic carbocycles. The molecule has 0 bridgehead atoms. The molecule has 6 aromatic rings. The molecule has 0 unspecified atom stereocenters. The fourth-order valence-electron chi connectivity index (χ4n) is 5.53. The van der Waals surface area contributed by atoms with E-state index in [9.17, 15) is 17.6 Å². The molecular formula is C36H31FN4O4S. The third-order valence-electron chi connectivity index (χ3n) is 7.43. The summed E-state index contributed by atoms with van der Waals surface area (Å²) in [5.74, 6) is -0.645. The molecule has 2 aromatic heterocycles. The molecule has 8 nitrogen and oxygen atoms in total. The smallest absolute Gasteiger partial charge is 0.413 e. The van der Waals surface area contributed by atoms with Crippen molar-refractivity contribution in [2.75, 3.05) is 5.32 Å². The molecule has 0 fully saturated rings. The summed E-state index contributed by atoms with van der Waals surface area (Å²) >= 11 is 0. The molecular weight excluding hydrogens is 603 g/mol. The Kier molecular flexibility index (Phi) is 7.91. The van der Waals surface area contributed by atoms with Crippen molar-refractivity contribution in [1.82, 2.24) is 14.8 Å². The van der Waals surface area contributed by atoms with Gasteiger partial charge in [0.15, 0.2) is 11.5 Å². The highest BCUT2D eigenvalue weighted by molar-refractivity contribution is 7.91. The van der Waals surface area contributed by atoms with E-state index in [1.54, 1.807) is 25.5 Å². The number of sulfone groups is 1. The molecule has 46 heavy (non-hydrogen) atoms. The predicted octanol–water partition coefficient (Wildman–Crippen LogP) is 7.59. The first-order chi connectivity index (χ1) is 22.0.